The van der Waals surface area contributed by atoms with Crippen molar-refractivity contribution in [3.8, 4) is 11.3 Å². The number of anilines is 2. The minimum absolute atomic E-state index is 0.215. The molecule has 1 aliphatic rings. The van der Waals surface area contributed by atoms with Crippen molar-refractivity contribution in [1.82, 2.24) is 15.0 Å². The van der Waals surface area contributed by atoms with E-state index in [0.29, 0.717) is 28.7 Å². The fraction of sp³-hybridized carbons (Fsp3) is 0. The van der Waals surface area contributed by atoms with Gasteiger partial charge >= 0.3 is 0 Å². The van der Waals surface area contributed by atoms with Crippen LogP contribution >= 0.6 is 0 Å². The summed E-state index contributed by atoms with van der Waals surface area (Å²) in [6.45, 7) is 0. The molecule has 5 rings (SSSR count). The number of pyridine rings is 1. The minimum atomic E-state index is -0.215. The number of hydrogen-bond acceptors (Lipinski definition) is 5. The van der Waals surface area contributed by atoms with Crippen molar-refractivity contribution in [2.45, 2.75) is 0 Å². The number of nitrogens with zero attached hydrogens (tertiary/aromatic N) is 2. The summed E-state index contributed by atoms with van der Waals surface area (Å²) in [5, 5.41) is 5.82. The van der Waals surface area contributed by atoms with Gasteiger partial charge in [-0.05, 0) is 30.3 Å². The summed E-state index contributed by atoms with van der Waals surface area (Å²) < 4.78 is 5.41. The van der Waals surface area contributed by atoms with E-state index in [9.17, 15) is 4.79 Å². The molecule has 0 bridgehead atoms. The summed E-state index contributed by atoms with van der Waals surface area (Å²) in [6.07, 6.45) is 4.91. The Morgan fingerprint density at radius 3 is 2.92 bits per heavy atom. The average molecular weight is 343 g/mol. The number of para-hydroxylation sites is 2. The van der Waals surface area contributed by atoms with Gasteiger partial charge in [-0.1, -0.05) is 12.1 Å². The number of furan rings is 1. The van der Waals surface area contributed by atoms with Crippen molar-refractivity contribution in [1.29, 1.82) is 0 Å². The first kappa shape index (κ1) is 14.5. The molecule has 26 heavy (non-hydrogen) atoms. The summed E-state index contributed by atoms with van der Waals surface area (Å²) in [5.41, 5.74) is 3.78. The lowest BCUT2D eigenvalue weighted by Gasteiger charge is -2.02. The highest BCUT2D eigenvalue weighted by atomic mass is 16.3. The van der Waals surface area contributed by atoms with Gasteiger partial charge in [-0.2, -0.15) is 0 Å². The van der Waals surface area contributed by atoms with Crippen LogP contribution in [0.15, 0.2) is 65.5 Å². The number of benzene rings is 1. The van der Waals surface area contributed by atoms with Gasteiger partial charge in [-0.15, -0.1) is 0 Å². The lowest BCUT2D eigenvalue weighted by molar-refractivity contribution is -0.110. The molecule has 1 amide bonds. The highest BCUT2D eigenvalue weighted by molar-refractivity contribution is 6.31. The molecule has 1 aliphatic heterocycles. The molecule has 3 aromatic heterocycles. The molecular formula is C19H13N5O2. The number of nitrogens with one attached hydrogen (secondary N) is 3. The van der Waals surface area contributed by atoms with Crippen LogP contribution in [0.2, 0.25) is 0 Å². The second-order valence-corrected chi connectivity index (χ2v) is 5.86. The fourth-order valence-corrected chi connectivity index (χ4v) is 2.95. The molecule has 7 nitrogen and oxygen atoms in total. The van der Waals surface area contributed by atoms with E-state index in [4.69, 9.17) is 4.42 Å². The Labute approximate surface area is 147 Å². The molecule has 4 heterocycles. The molecule has 0 atom stereocenters. The number of aromatic amines is 1. The van der Waals surface area contributed by atoms with Crippen LogP contribution in [0.25, 0.3) is 27.9 Å². The maximum absolute atomic E-state index is 12.3. The maximum atomic E-state index is 12.3. The summed E-state index contributed by atoms with van der Waals surface area (Å²) in [4.78, 5) is 24.2. The van der Waals surface area contributed by atoms with Crippen LogP contribution in [0.5, 0.6) is 0 Å². The Morgan fingerprint density at radius 2 is 2.08 bits per heavy atom. The van der Waals surface area contributed by atoms with Crippen molar-refractivity contribution >= 4 is 34.3 Å². The number of aromatic nitrogens is 3. The third-order valence-corrected chi connectivity index (χ3v) is 4.20. The van der Waals surface area contributed by atoms with E-state index in [0.717, 1.165) is 16.6 Å². The van der Waals surface area contributed by atoms with Crippen LogP contribution in [0.3, 0.4) is 0 Å². The van der Waals surface area contributed by atoms with Gasteiger partial charge in [0, 0.05) is 23.5 Å². The topological polar surface area (TPSA) is 95.8 Å². The molecule has 4 aromatic rings. The molecule has 0 unspecified atom stereocenters. The van der Waals surface area contributed by atoms with E-state index < -0.39 is 0 Å². The number of amides is 1. The summed E-state index contributed by atoms with van der Waals surface area (Å²) in [5.74, 6) is 1.58. The second-order valence-electron chi connectivity index (χ2n) is 5.86. The number of carbonyl (C=O) groups excluding carboxylic acids is 1. The summed E-state index contributed by atoms with van der Waals surface area (Å²) >= 11 is 0. The Morgan fingerprint density at radius 1 is 1.15 bits per heavy atom. The zero-order chi connectivity index (χ0) is 17.5. The molecule has 0 saturated carbocycles. The standard InChI is InChI=1S/C19H13N5O2/c25-18-13(10-21-19-22-14-4-1-2-5-15(14)23-19)12-8-11(9-20-17(12)24-18)16-6-3-7-26-16/h1-10H,(H,20,24,25)(H2,21,22,23)/b13-10-. The quantitative estimate of drug-likeness (QED) is 0.494. The minimum Gasteiger partial charge on any atom is -0.464 e. The molecule has 0 spiro atoms. The van der Waals surface area contributed by atoms with Gasteiger partial charge in [-0.25, -0.2) is 9.97 Å². The van der Waals surface area contributed by atoms with E-state index in [1.807, 2.05) is 42.5 Å². The van der Waals surface area contributed by atoms with Crippen LogP contribution in [0.4, 0.5) is 11.8 Å². The van der Waals surface area contributed by atoms with E-state index in [2.05, 4.69) is 25.6 Å². The average Bonchev–Trinajstić information content (AvgIpc) is 3.37. The summed E-state index contributed by atoms with van der Waals surface area (Å²) in [7, 11) is 0. The smallest absolute Gasteiger partial charge is 0.259 e. The van der Waals surface area contributed by atoms with E-state index >= 15 is 0 Å². The predicted molar refractivity (Wildman–Crippen MR) is 98.3 cm³/mol. The lowest BCUT2D eigenvalue weighted by Crippen LogP contribution is -2.05. The van der Waals surface area contributed by atoms with Gasteiger partial charge in [0.2, 0.25) is 5.95 Å². The third kappa shape index (κ3) is 2.34. The van der Waals surface area contributed by atoms with E-state index in [1.54, 1.807) is 18.7 Å². The van der Waals surface area contributed by atoms with Crippen molar-refractivity contribution < 1.29 is 9.21 Å². The van der Waals surface area contributed by atoms with E-state index in [1.165, 1.54) is 0 Å². The molecule has 0 aliphatic carbocycles. The number of rotatable bonds is 3. The van der Waals surface area contributed by atoms with Gasteiger partial charge in [0.15, 0.2) is 0 Å². The molecule has 0 saturated heterocycles. The van der Waals surface area contributed by atoms with Gasteiger partial charge in [0.05, 0.1) is 22.9 Å². The van der Waals surface area contributed by atoms with Crippen LogP contribution in [0.1, 0.15) is 5.56 Å². The zero-order valence-corrected chi connectivity index (χ0v) is 13.5. The Kier molecular flexibility index (Phi) is 3.11. The monoisotopic (exact) mass is 343 g/mol. The maximum Gasteiger partial charge on any atom is 0.259 e. The normalized spacial score (nSPS) is 14.6. The van der Waals surface area contributed by atoms with Gasteiger partial charge in [0.1, 0.15) is 11.6 Å². The van der Waals surface area contributed by atoms with Crippen molar-refractivity contribution in [2.24, 2.45) is 0 Å². The molecule has 1 aromatic carbocycles. The van der Waals surface area contributed by atoms with Crippen LogP contribution in [-0.4, -0.2) is 20.9 Å². The molecule has 0 fully saturated rings. The second kappa shape index (κ2) is 5.59. The van der Waals surface area contributed by atoms with Crippen molar-refractivity contribution in [3.63, 3.8) is 0 Å². The first-order valence-electron chi connectivity index (χ1n) is 8.05. The number of carbonyl (C=O) groups is 1. The van der Waals surface area contributed by atoms with E-state index in [-0.39, 0.29) is 5.91 Å². The molecule has 7 heteroatoms. The van der Waals surface area contributed by atoms with Crippen LogP contribution < -0.4 is 10.6 Å². The third-order valence-electron chi connectivity index (χ3n) is 4.20. The van der Waals surface area contributed by atoms with Crippen molar-refractivity contribution in [2.75, 3.05) is 10.6 Å². The Hall–Kier alpha value is -3.87. The highest BCUT2D eigenvalue weighted by Crippen LogP contribution is 2.33. The molecule has 0 radical (unpaired) electrons. The van der Waals surface area contributed by atoms with Gasteiger partial charge in [0.25, 0.3) is 5.91 Å². The zero-order valence-electron chi connectivity index (χ0n) is 13.5. The SMILES string of the molecule is O=C1Nc2ncc(-c3ccco3)cc2/C1=C/Nc1nc2ccccc2[nH]1. The van der Waals surface area contributed by atoms with Crippen LogP contribution in [0, 0.1) is 0 Å². The largest absolute Gasteiger partial charge is 0.464 e. The van der Waals surface area contributed by atoms with Crippen LogP contribution in [-0.2, 0) is 4.79 Å². The summed E-state index contributed by atoms with van der Waals surface area (Å²) in [6, 6.07) is 13.3. The highest BCUT2D eigenvalue weighted by Gasteiger charge is 2.26. The number of hydrogen-bond donors (Lipinski definition) is 3. The molecule has 3 N–H and O–H groups in total. The fourth-order valence-electron chi connectivity index (χ4n) is 2.95. The van der Waals surface area contributed by atoms with Gasteiger partial charge in [-0.3, -0.25) is 4.79 Å². The van der Waals surface area contributed by atoms with Gasteiger partial charge < -0.3 is 20.0 Å². The predicted octanol–water partition coefficient (Wildman–Crippen LogP) is 3.62. The number of fused-ring (bicyclic) bond motifs is 2. The number of imidazole rings is 1. The first-order chi connectivity index (χ1) is 12.8. The Bertz CT molecular complexity index is 1120. The molecular weight excluding hydrogens is 330 g/mol. The number of H-pyrrole nitrogens is 1. The lowest BCUT2D eigenvalue weighted by atomic mass is 10.1. The first-order valence-corrected chi connectivity index (χ1v) is 8.05. The molecule has 126 valence electrons. The Balaban J connectivity index is 1.50. The van der Waals surface area contributed by atoms with Crippen molar-refractivity contribution in [3.05, 3.63) is 66.7 Å².